The van der Waals surface area contributed by atoms with Crippen LogP contribution in [0.2, 0.25) is 0 Å². The molecule has 0 saturated carbocycles. The molecule has 1 aromatic carbocycles. The molecule has 2 rings (SSSR count). The van der Waals surface area contributed by atoms with E-state index < -0.39 is 10.0 Å². The second kappa shape index (κ2) is 5.99. The number of nitrogens with zero attached hydrogens (tertiary/aromatic N) is 1. The standard InChI is InChI=1S/C13H20N2O4S/c1-10-9-14-4-5-15(10)20(16,17)13-7-11(18-2)6-12(8-13)19-3/h6-8,10,14H,4-5,9H2,1-3H3. The van der Waals surface area contributed by atoms with E-state index in [1.54, 1.807) is 6.07 Å². The van der Waals surface area contributed by atoms with Crippen molar-refractivity contribution in [1.82, 2.24) is 9.62 Å². The first-order valence-corrected chi connectivity index (χ1v) is 7.88. The minimum Gasteiger partial charge on any atom is -0.497 e. The topological polar surface area (TPSA) is 67.9 Å². The highest BCUT2D eigenvalue weighted by molar-refractivity contribution is 7.89. The van der Waals surface area contributed by atoms with Gasteiger partial charge in [-0.05, 0) is 6.92 Å². The average molecular weight is 300 g/mol. The lowest BCUT2D eigenvalue weighted by Crippen LogP contribution is -2.52. The molecule has 1 heterocycles. The van der Waals surface area contributed by atoms with E-state index in [9.17, 15) is 8.42 Å². The molecule has 0 amide bonds. The van der Waals surface area contributed by atoms with Gasteiger partial charge in [-0.2, -0.15) is 4.31 Å². The zero-order chi connectivity index (χ0) is 14.8. The predicted octanol–water partition coefficient (Wildman–Crippen LogP) is 0.686. The van der Waals surface area contributed by atoms with Gasteiger partial charge in [-0.15, -0.1) is 0 Å². The molecule has 1 saturated heterocycles. The molecule has 1 N–H and O–H groups in total. The Balaban J connectivity index is 2.42. The zero-order valence-electron chi connectivity index (χ0n) is 11.9. The molecule has 1 unspecified atom stereocenters. The van der Waals surface area contributed by atoms with Crippen molar-refractivity contribution in [1.29, 1.82) is 0 Å². The molecule has 6 nitrogen and oxygen atoms in total. The van der Waals surface area contributed by atoms with E-state index in [2.05, 4.69) is 5.32 Å². The molecule has 0 aliphatic carbocycles. The summed E-state index contributed by atoms with van der Waals surface area (Å²) in [6.07, 6.45) is 0. The van der Waals surface area contributed by atoms with Crippen molar-refractivity contribution >= 4 is 10.0 Å². The fourth-order valence-electron chi connectivity index (χ4n) is 2.25. The summed E-state index contributed by atoms with van der Waals surface area (Å²) in [4.78, 5) is 0.197. The minimum absolute atomic E-state index is 0.0778. The highest BCUT2D eigenvalue weighted by Crippen LogP contribution is 2.28. The molecule has 0 bridgehead atoms. The van der Waals surface area contributed by atoms with Crippen LogP contribution in [0, 0.1) is 0 Å². The molecule has 112 valence electrons. The normalized spacial score (nSPS) is 20.6. The summed E-state index contributed by atoms with van der Waals surface area (Å²) < 4.78 is 37.2. The van der Waals surface area contributed by atoms with Crippen LogP contribution in [0.1, 0.15) is 6.92 Å². The number of methoxy groups -OCH3 is 2. The number of ether oxygens (including phenoxy) is 2. The van der Waals surface area contributed by atoms with E-state index in [0.29, 0.717) is 31.1 Å². The molecule has 1 aliphatic heterocycles. The third-order valence-corrected chi connectivity index (χ3v) is 5.36. The van der Waals surface area contributed by atoms with E-state index >= 15 is 0 Å². The molecule has 1 fully saturated rings. The van der Waals surface area contributed by atoms with E-state index in [0.717, 1.165) is 0 Å². The Labute approximate surface area is 119 Å². The second-order valence-electron chi connectivity index (χ2n) is 4.72. The van der Waals surface area contributed by atoms with Crippen LogP contribution in [-0.4, -0.2) is 52.6 Å². The fraction of sp³-hybridized carbons (Fsp3) is 0.538. The molecular weight excluding hydrogens is 280 g/mol. The van der Waals surface area contributed by atoms with Gasteiger partial charge in [-0.25, -0.2) is 8.42 Å². The maximum atomic E-state index is 12.7. The second-order valence-corrected chi connectivity index (χ2v) is 6.61. The first kappa shape index (κ1) is 15.1. The highest BCUT2D eigenvalue weighted by atomic mass is 32.2. The first-order chi connectivity index (χ1) is 9.48. The Morgan fingerprint density at radius 2 is 1.80 bits per heavy atom. The summed E-state index contributed by atoms with van der Waals surface area (Å²) in [6.45, 7) is 3.66. The van der Waals surface area contributed by atoms with Gasteiger partial charge in [0.25, 0.3) is 0 Å². The number of piperazine rings is 1. The number of nitrogens with one attached hydrogen (secondary N) is 1. The van der Waals surface area contributed by atoms with E-state index in [4.69, 9.17) is 9.47 Å². The molecule has 1 atom stereocenters. The molecule has 0 radical (unpaired) electrons. The van der Waals surface area contributed by atoms with Gasteiger partial charge in [0.05, 0.1) is 19.1 Å². The van der Waals surface area contributed by atoms with Crippen LogP contribution in [0.15, 0.2) is 23.1 Å². The Kier molecular flexibility index (Phi) is 4.52. The van der Waals surface area contributed by atoms with Gasteiger partial charge in [0.2, 0.25) is 10.0 Å². The van der Waals surface area contributed by atoms with Crippen molar-refractivity contribution < 1.29 is 17.9 Å². The summed E-state index contributed by atoms with van der Waals surface area (Å²) >= 11 is 0. The quantitative estimate of drug-likeness (QED) is 0.886. The van der Waals surface area contributed by atoms with Crippen LogP contribution in [0.5, 0.6) is 11.5 Å². The van der Waals surface area contributed by atoms with Crippen LogP contribution < -0.4 is 14.8 Å². The maximum Gasteiger partial charge on any atom is 0.243 e. The lowest BCUT2D eigenvalue weighted by Gasteiger charge is -2.32. The smallest absolute Gasteiger partial charge is 0.243 e. The first-order valence-electron chi connectivity index (χ1n) is 6.44. The monoisotopic (exact) mass is 300 g/mol. The largest absolute Gasteiger partial charge is 0.497 e. The molecule has 0 spiro atoms. The van der Waals surface area contributed by atoms with Crippen LogP contribution in [-0.2, 0) is 10.0 Å². The van der Waals surface area contributed by atoms with Gasteiger partial charge in [-0.3, -0.25) is 0 Å². The Morgan fingerprint density at radius 1 is 1.20 bits per heavy atom. The fourth-order valence-corrected chi connectivity index (χ4v) is 3.93. The summed E-state index contributed by atoms with van der Waals surface area (Å²) in [5.74, 6) is 0.927. The van der Waals surface area contributed by atoms with Gasteiger partial charge >= 0.3 is 0 Å². The number of rotatable bonds is 4. The SMILES string of the molecule is COc1cc(OC)cc(S(=O)(=O)N2CCNCC2C)c1. The Morgan fingerprint density at radius 3 is 2.30 bits per heavy atom. The van der Waals surface area contributed by atoms with Crippen molar-refractivity contribution in [2.24, 2.45) is 0 Å². The van der Waals surface area contributed by atoms with Crippen molar-refractivity contribution in [3.8, 4) is 11.5 Å². The van der Waals surface area contributed by atoms with Crippen LogP contribution in [0.3, 0.4) is 0 Å². The van der Waals surface area contributed by atoms with Gasteiger partial charge in [0, 0.05) is 43.9 Å². The molecule has 20 heavy (non-hydrogen) atoms. The molecule has 7 heteroatoms. The average Bonchev–Trinajstić information content (AvgIpc) is 2.46. The number of benzene rings is 1. The van der Waals surface area contributed by atoms with Gasteiger partial charge in [0.15, 0.2) is 0 Å². The third kappa shape index (κ3) is 2.89. The number of hydrogen-bond donors (Lipinski definition) is 1. The van der Waals surface area contributed by atoms with E-state index in [-0.39, 0.29) is 10.9 Å². The summed E-state index contributed by atoms with van der Waals surface area (Å²) in [5, 5.41) is 3.18. The van der Waals surface area contributed by atoms with Crippen LogP contribution in [0.25, 0.3) is 0 Å². The molecule has 1 aromatic rings. The van der Waals surface area contributed by atoms with Gasteiger partial charge in [0.1, 0.15) is 11.5 Å². The summed E-state index contributed by atoms with van der Waals surface area (Å²) in [6, 6.07) is 4.62. The molecule has 1 aliphatic rings. The third-order valence-electron chi connectivity index (χ3n) is 3.37. The predicted molar refractivity (Wildman–Crippen MR) is 75.8 cm³/mol. The lowest BCUT2D eigenvalue weighted by molar-refractivity contribution is 0.283. The molecular formula is C13H20N2O4S. The Bertz CT molecular complexity index is 551. The van der Waals surface area contributed by atoms with Crippen LogP contribution in [0.4, 0.5) is 0 Å². The number of hydrogen-bond acceptors (Lipinski definition) is 5. The highest BCUT2D eigenvalue weighted by Gasteiger charge is 2.31. The van der Waals surface area contributed by atoms with Crippen LogP contribution >= 0.6 is 0 Å². The van der Waals surface area contributed by atoms with Gasteiger partial charge < -0.3 is 14.8 Å². The van der Waals surface area contributed by atoms with E-state index in [1.807, 2.05) is 6.92 Å². The lowest BCUT2D eigenvalue weighted by atomic mass is 10.3. The van der Waals surface area contributed by atoms with Gasteiger partial charge in [-0.1, -0.05) is 0 Å². The van der Waals surface area contributed by atoms with Crippen molar-refractivity contribution in [2.75, 3.05) is 33.9 Å². The van der Waals surface area contributed by atoms with Crippen molar-refractivity contribution in [2.45, 2.75) is 17.9 Å². The maximum absolute atomic E-state index is 12.7. The number of sulfonamides is 1. The minimum atomic E-state index is -3.54. The van der Waals surface area contributed by atoms with Crippen molar-refractivity contribution in [3.05, 3.63) is 18.2 Å². The van der Waals surface area contributed by atoms with E-state index in [1.165, 1.54) is 30.7 Å². The van der Waals surface area contributed by atoms with Crippen molar-refractivity contribution in [3.63, 3.8) is 0 Å². The summed E-state index contributed by atoms with van der Waals surface area (Å²) in [5.41, 5.74) is 0. The Hall–Kier alpha value is -1.31. The molecule has 0 aromatic heterocycles. The summed E-state index contributed by atoms with van der Waals surface area (Å²) in [7, 11) is -0.546. The zero-order valence-corrected chi connectivity index (χ0v) is 12.7.